The molecule has 0 radical (unpaired) electrons. The molecule has 202 valence electrons. The van der Waals surface area contributed by atoms with Gasteiger partial charge in [-0.3, -0.25) is 14.8 Å². The van der Waals surface area contributed by atoms with Gasteiger partial charge in [0.2, 0.25) is 5.95 Å². The normalized spacial score (nSPS) is 14.3. The second-order valence-electron chi connectivity index (χ2n) is 9.26. The first kappa shape index (κ1) is 26.4. The van der Waals surface area contributed by atoms with E-state index < -0.39 is 0 Å². The maximum Gasteiger partial charge on any atom is 0.221 e. The summed E-state index contributed by atoms with van der Waals surface area (Å²) in [5, 5.41) is 6.39. The van der Waals surface area contributed by atoms with Gasteiger partial charge in [0.25, 0.3) is 0 Å². The van der Waals surface area contributed by atoms with Crippen molar-refractivity contribution >= 4 is 23.8 Å². The van der Waals surface area contributed by atoms with Gasteiger partial charge in [-0.1, -0.05) is 30.3 Å². The van der Waals surface area contributed by atoms with Gasteiger partial charge in [-0.2, -0.15) is 10.1 Å². The molecule has 1 aliphatic heterocycles. The minimum absolute atomic E-state index is 0.0947. The van der Waals surface area contributed by atoms with Crippen LogP contribution in [0.1, 0.15) is 49.9 Å². The van der Waals surface area contributed by atoms with Gasteiger partial charge < -0.3 is 20.9 Å². The van der Waals surface area contributed by atoms with E-state index in [-0.39, 0.29) is 23.6 Å². The van der Waals surface area contributed by atoms with Crippen LogP contribution < -0.4 is 20.9 Å². The van der Waals surface area contributed by atoms with Crippen molar-refractivity contribution < 1.29 is 14.3 Å². The summed E-state index contributed by atoms with van der Waals surface area (Å²) in [5.74, 6) is 0.829. The number of nitrogen functional groups attached to an aromatic ring is 2. The lowest BCUT2D eigenvalue weighted by molar-refractivity contribution is 0.104. The largest absolute Gasteiger partial charge is 0.493 e. The van der Waals surface area contributed by atoms with Crippen LogP contribution in [0.4, 0.5) is 11.8 Å². The first-order valence-electron chi connectivity index (χ1n) is 12.6. The summed E-state index contributed by atoms with van der Waals surface area (Å²) in [4.78, 5) is 26.1. The zero-order chi connectivity index (χ0) is 28.2. The fourth-order valence-corrected chi connectivity index (χ4v) is 4.64. The van der Waals surface area contributed by atoms with Gasteiger partial charge in [-0.25, -0.2) is 4.98 Å². The molecule has 4 aromatic rings. The van der Waals surface area contributed by atoms with Gasteiger partial charge >= 0.3 is 0 Å². The van der Waals surface area contributed by atoms with Crippen LogP contribution >= 0.6 is 0 Å². The van der Waals surface area contributed by atoms with Crippen LogP contribution in [0.25, 0.3) is 0 Å². The van der Waals surface area contributed by atoms with Crippen LogP contribution in [-0.4, -0.2) is 46.2 Å². The number of nitrogens with zero attached hydrogens (tertiary/aromatic N) is 5. The predicted molar refractivity (Wildman–Crippen MR) is 153 cm³/mol. The quantitative estimate of drug-likeness (QED) is 0.252. The standard InChI is InChI=1S/C30H29N7O3/c1-18-8-9-21(15-33-18)27-23-7-5-4-6-20(23)17-35-37(27)11-10-25(38)24-13-19(14-26(39-2)28(24)40-3)12-22-16-34-30(32)36-29(22)31/h4-11,13-17,27H,12H2,1-3H3,(H4,31,32,34,36)/t27-/m0/s1. The molecule has 40 heavy (non-hydrogen) atoms. The number of carbonyl (C=O) groups excluding carboxylic acids is 1. The number of aryl methyl sites for hydroxylation is 1. The molecule has 2 aromatic heterocycles. The van der Waals surface area contributed by atoms with E-state index in [0.717, 1.165) is 27.9 Å². The molecule has 0 saturated heterocycles. The van der Waals surface area contributed by atoms with Crippen molar-refractivity contribution in [1.29, 1.82) is 0 Å². The number of ketones is 1. The lowest BCUT2D eigenvalue weighted by Crippen LogP contribution is -2.25. The molecule has 1 atom stereocenters. The topological polar surface area (TPSA) is 142 Å². The van der Waals surface area contributed by atoms with E-state index in [0.29, 0.717) is 29.0 Å². The second-order valence-corrected chi connectivity index (χ2v) is 9.26. The molecule has 4 N–H and O–H groups in total. The summed E-state index contributed by atoms with van der Waals surface area (Å²) in [5.41, 5.74) is 17.4. The Balaban J connectivity index is 1.49. The van der Waals surface area contributed by atoms with Crippen LogP contribution in [0.15, 0.2) is 78.3 Å². The number of anilines is 2. The molecule has 0 aliphatic carbocycles. The molecule has 0 fully saturated rings. The van der Waals surface area contributed by atoms with E-state index in [1.54, 1.807) is 35.8 Å². The van der Waals surface area contributed by atoms with Crippen molar-refractivity contribution in [2.24, 2.45) is 5.10 Å². The molecular formula is C30H29N7O3. The molecule has 0 spiro atoms. The van der Waals surface area contributed by atoms with E-state index >= 15 is 0 Å². The van der Waals surface area contributed by atoms with Crippen LogP contribution in [0.3, 0.4) is 0 Å². The van der Waals surface area contributed by atoms with Crippen LogP contribution in [-0.2, 0) is 6.42 Å². The number of carbonyl (C=O) groups is 1. The van der Waals surface area contributed by atoms with Gasteiger partial charge in [0.05, 0.1) is 26.0 Å². The third kappa shape index (κ3) is 5.32. The maximum absolute atomic E-state index is 13.6. The molecule has 5 rings (SSSR count). The molecular weight excluding hydrogens is 506 g/mol. The van der Waals surface area contributed by atoms with Gasteiger partial charge in [-0.15, -0.1) is 0 Å². The second kappa shape index (κ2) is 11.2. The van der Waals surface area contributed by atoms with E-state index in [4.69, 9.17) is 20.9 Å². The number of fused-ring (bicyclic) bond motifs is 1. The highest BCUT2D eigenvalue weighted by Gasteiger charge is 2.26. The van der Waals surface area contributed by atoms with Crippen molar-refractivity contribution in [3.05, 3.63) is 112 Å². The lowest BCUT2D eigenvalue weighted by atomic mass is 9.94. The Labute approximate surface area is 232 Å². The number of nitrogens with two attached hydrogens (primary N) is 2. The summed E-state index contributed by atoms with van der Waals surface area (Å²) < 4.78 is 11.1. The van der Waals surface area contributed by atoms with Gasteiger partial charge in [0, 0.05) is 47.9 Å². The molecule has 10 heteroatoms. The highest BCUT2D eigenvalue weighted by molar-refractivity contribution is 6.07. The minimum atomic E-state index is -0.284. The first-order valence-corrected chi connectivity index (χ1v) is 12.6. The first-order chi connectivity index (χ1) is 19.4. The van der Waals surface area contributed by atoms with Crippen LogP contribution in [0.5, 0.6) is 11.5 Å². The van der Waals surface area contributed by atoms with Crippen LogP contribution in [0.2, 0.25) is 0 Å². The summed E-state index contributed by atoms with van der Waals surface area (Å²) >= 11 is 0. The van der Waals surface area contributed by atoms with Crippen LogP contribution in [0, 0.1) is 6.92 Å². The number of aromatic nitrogens is 3. The van der Waals surface area contributed by atoms with Crippen molar-refractivity contribution in [1.82, 2.24) is 20.0 Å². The zero-order valence-corrected chi connectivity index (χ0v) is 22.4. The fraction of sp³-hybridized carbons (Fsp3) is 0.167. The number of hydrazone groups is 1. The summed E-state index contributed by atoms with van der Waals surface area (Å²) in [7, 11) is 3.02. The van der Waals surface area contributed by atoms with Crippen molar-refractivity contribution in [2.75, 3.05) is 25.7 Å². The average Bonchev–Trinajstić information content (AvgIpc) is 2.97. The van der Waals surface area contributed by atoms with E-state index in [1.165, 1.54) is 20.3 Å². The molecule has 0 unspecified atom stereocenters. The fourth-order valence-electron chi connectivity index (χ4n) is 4.64. The number of allylic oxidation sites excluding steroid dienone is 1. The summed E-state index contributed by atoms with van der Waals surface area (Å²) in [6, 6.07) is 15.3. The summed E-state index contributed by atoms with van der Waals surface area (Å²) in [6.45, 7) is 1.94. The van der Waals surface area contributed by atoms with E-state index in [2.05, 4.69) is 26.1 Å². The van der Waals surface area contributed by atoms with Crippen molar-refractivity contribution in [2.45, 2.75) is 19.4 Å². The molecule has 0 amide bonds. The Morgan fingerprint density at radius 2 is 1.88 bits per heavy atom. The molecule has 10 nitrogen and oxygen atoms in total. The van der Waals surface area contributed by atoms with Gasteiger partial charge in [0.1, 0.15) is 11.9 Å². The van der Waals surface area contributed by atoms with Crippen molar-refractivity contribution in [3.63, 3.8) is 0 Å². The zero-order valence-electron chi connectivity index (χ0n) is 22.4. The summed E-state index contributed by atoms with van der Waals surface area (Å²) in [6.07, 6.45) is 8.70. The Hall–Kier alpha value is -5.25. The van der Waals surface area contributed by atoms with E-state index in [9.17, 15) is 4.79 Å². The molecule has 0 saturated carbocycles. The number of benzene rings is 2. The molecule has 3 heterocycles. The highest BCUT2D eigenvalue weighted by Crippen LogP contribution is 2.36. The molecule has 2 aromatic carbocycles. The van der Waals surface area contributed by atoms with Gasteiger partial charge in [-0.05, 0) is 41.8 Å². The Morgan fingerprint density at radius 3 is 2.60 bits per heavy atom. The van der Waals surface area contributed by atoms with Crippen molar-refractivity contribution in [3.8, 4) is 11.5 Å². The van der Waals surface area contributed by atoms with Gasteiger partial charge in [0.15, 0.2) is 17.3 Å². The Kier molecular flexibility index (Phi) is 7.41. The lowest BCUT2D eigenvalue weighted by Gasteiger charge is -2.31. The minimum Gasteiger partial charge on any atom is -0.493 e. The molecule has 0 bridgehead atoms. The third-order valence-electron chi connectivity index (χ3n) is 6.63. The number of hydrogen-bond acceptors (Lipinski definition) is 10. The van der Waals surface area contributed by atoms with E-state index in [1.807, 2.05) is 43.5 Å². The SMILES string of the molecule is COc1cc(Cc2cnc(N)nc2N)cc(C(=O)C=CN2N=Cc3ccccc3[C@@H]2c2ccc(C)nc2)c1OC. The average molecular weight is 536 g/mol. The number of methoxy groups -OCH3 is 2. The third-order valence-corrected chi connectivity index (χ3v) is 6.63. The highest BCUT2D eigenvalue weighted by atomic mass is 16.5. The number of ether oxygens (including phenoxy) is 2. The number of pyridine rings is 1. The number of rotatable bonds is 8. The predicted octanol–water partition coefficient (Wildman–Crippen LogP) is 4.09. The Bertz CT molecular complexity index is 1620. The number of hydrogen-bond donors (Lipinski definition) is 2. The smallest absolute Gasteiger partial charge is 0.221 e. The Morgan fingerprint density at radius 1 is 1.05 bits per heavy atom. The molecule has 1 aliphatic rings. The maximum atomic E-state index is 13.6. The monoisotopic (exact) mass is 535 g/mol.